The molecule has 0 spiro atoms. The summed E-state index contributed by atoms with van der Waals surface area (Å²) in [5, 5.41) is 17.3. The number of unbranched alkanes of at least 4 members (excludes halogenated alkanes) is 1. The minimum absolute atomic E-state index is 0.239. The van der Waals surface area contributed by atoms with E-state index in [0.29, 0.717) is 41.9 Å². The average molecular weight is 429 g/mol. The van der Waals surface area contributed by atoms with Crippen molar-refractivity contribution in [2.45, 2.75) is 65.2 Å². The highest BCUT2D eigenvalue weighted by Gasteiger charge is 2.07. The highest BCUT2D eigenvalue weighted by molar-refractivity contribution is 7.15. The molecule has 8 heteroatoms. The molecule has 0 saturated heterocycles. The number of nitrogens with zero attached hydrogens (tertiary/aromatic N) is 3. The lowest BCUT2D eigenvalue weighted by atomic mass is 10.00. The fraction of sp³-hybridized carbons (Fsp3) is 0.500. The van der Waals surface area contributed by atoms with E-state index in [1.54, 1.807) is 0 Å². The van der Waals surface area contributed by atoms with Crippen LogP contribution in [0, 0.1) is 11.3 Å². The van der Waals surface area contributed by atoms with Crippen LogP contribution in [0.2, 0.25) is 0 Å². The van der Waals surface area contributed by atoms with E-state index < -0.39 is 0 Å². The molecular weight excluding hydrogens is 396 g/mol. The zero-order valence-corrected chi connectivity index (χ0v) is 18.7. The van der Waals surface area contributed by atoms with E-state index in [4.69, 9.17) is 16.9 Å². The second kappa shape index (κ2) is 12.2. The number of aromatic nitrogens is 2. The number of nitrogens with one attached hydrogen (secondary N) is 1. The average Bonchev–Trinajstić information content (AvgIpc) is 3.08. The molecule has 0 radical (unpaired) electrons. The molecular formula is C22H32N6OS. The van der Waals surface area contributed by atoms with Crippen molar-refractivity contribution in [1.29, 1.82) is 5.41 Å². The second-order valence-electron chi connectivity index (χ2n) is 7.94. The van der Waals surface area contributed by atoms with Crippen molar-refractivity contribution >= 4 is 33.9 Å². The zero-order valence-electron chi connectivity index (χ0n) is 17.9. The molecule has 0 atom stereocenters. The first kappa shape index (κ1) is 23.7. The molecule has 1 aromatic heterocycles. The summed E-state index contributed by atoms with van der Waals surface area (Å²) in [6.45, 7) is 4.35. The first-order valence-electron chi connectivity index (χ1n) is 10.4. The maximum atomic E-state index is 12.2. The van der Waals surface area contributed by atoms with Crippen molar-refractivity contribution < 1.29 is 4.79 Å². The Morgan fingerprint density at radius 2 is 1.93 bits per heavy atom. The van der Waals surface area contributed by atoms with Gasteiger partial charge in [-0.2, -0.15) is 0 Å². The normalized spacial score (nSPS) is 11.8. The van der Waals surface area contributed by atoms with Crippen LogP contribution in [0.15, 0.2) is 29.3 Å². The van der Waals surface area contributed by atoms with Gasteiger partial charge in [0.2, 0.25) is 5.13 Å². The van der Waals surface area contributed by atoms with Crippen molar-refractivity contribution in [1.82, 2.24) is 10.2 Å². The molecule has 0 unspecified atom stereocenters. The summed E-state index contributed by atoms with van der Waals surface area (Å²) in [6, 6.07) is 8.07. The summed E-state index contributed by atoms with van der Waals surface area (Å²) in [4.78, 5) is 16.2. The highest BCUT2D eigenvalue weighted by atomic mass is 32.1. The molecule has 5 N–H and O–H groups in total. The number of hydrogen-bond donors (Lipinski definition) is 3. The SMILES string of the molecule is CC(C)Cc1cccc(CC(=O)N=C(N)CCC(=N)CCCCc2nnc(N)s2)c1. The summed E-state index contributed by atoms with van der Waals surface area (Å²) in [5.74, 6) is 0.632. The van der Waals surface area contributed by atoms with Crippen molar-refractivity contribution in [3.63, 3.8) is 0 Å². The van der Waals surface area contributed by atoms with Gasteiger partial charge in [0.05, 0.1) is 6.42 Å². The number of hydrogen-bond acceptors (Lipinski definition) is 6. The van der Waals surface area contributed by atoms with Crippen molar-refractivity contribution in [2.24, 2.45) is 16.6 Å². The maximum absolute atomic E-state index is 12.2. The minimum atomic E-state index is -0.239. The van der Waals surface area contributed by atoms with Crippen LogP contribution in [0.25, 0.3) is 0 Å². The Morgan fingerprint density at radius 3 is 2.63 bits per heavy atom. The molecule has 0 aliphatic heterocycles. The number of nitrogen functional groups attached to an aromatic ring is 1. The van der Waals surface area contributed by atoms with Crippen LogP contribution in [0.4, 0.5) is 5.13 Å². The van der Waals surface area contributed by atoms with E-state index in [1.165, 1.54) is 16.9 Å². The van der Waals surface area contributed by atoms with E-state index in [2.05, 4.69) is 41.2 Å². The van der Waals surface area contributed by atoms with Gasteiger partial charge in [0.25, 0.3) is 5.91 Å². The molecule has 1 aromatic carbocycles. The number of benzene rings is 1. The Morgan fingerprint density at radius 1 is 1.17 bits per heavy atom. The summed E-state index contributed by atoms with van der Waals surface area (Å²) in [6.07, 6.45) is 5.58. The number of aryl methyl sites for hydroxylation is 1. The second-order valence-corrected chi connectivity index (χ2v) is 9.03. The lowest BCUT2D eigenvalue weighted by Gasteiger charge is -2.07. The fourth-order valence-corrected chi connectivity index (χ4v) is 3.81. The van der Waals surface area contributed by atoms with Crippen LogP contribution in [0.3, 0.4) is 0 Å². The van der Waals surface area contributed by atoms with Crippen molar-refractivity contribution in [3.05, 3.63) is 40.4 Å². The Labute approximate surface area is 182 Å². The lowest BCUT2D eigenvalue weighted by molar-refractivity contribution is -0.117. The van der Waals surface area contributed by atoms with E-state index in [0.717, 1.165) is 36.3 Å². The van der Waals surface area contributed by atoms with Gasteiger partial charge in [-0.3, -0.25) is 4.79 Å². The molecule has 162 valence electrons. The third-order valence-electron chi connectivity index (χ3n) is 4.54. The molecule has 0 saturated carbocycles. The van der Waals surface area contributed by atoms with Crippen LogP contribution < -0.4 is 11.5 Å². The summed E-state index contributed by atoms with van der Waals surface area (Å²) >= 11 is 1.41. The van der Waals surface area contributed by atoms with Crippen LogP contribution in [-0.4, -0.2) is 27.7 Å². The summed E-state index contributed by atoms with van der Waals surface area (Å²) < 4.78 is 0. The molecule has 0 aliphatic rings. The van der Waals surface area contributed by atoms with Gasteiger partial charge >= 0.3 is 0 Å². The quantitative estimate of drug-likeness (QED) is 0.267. The number of carbonyl (C=O) groups is 1. The van der Waals surface area contributed by atoms with E-state index >= 15 is 0 Å². The van der Waals surface area contributed by atoms with E-state index in [-0.39, 0.29) is 12.3 Å². The highest BCUT2D eigenvalue weighted by Crippen LogP contribution is 2.15. The Balaban J connectivity index is 1.68. The van der Waals surface area contributed by atoms with Crippen molar-refractivity contribution in [2.75, 3.05) is 5.73 Å². The lowest BCUT2D eigenvalue weighted by Crippen LogP contribution is -2.16. The van der Waals surface area contributed by atoms with E-state index in [9.17, 15) is 4.79 Å². The molecule has 2 rings (SSSR count). The number of amides is 1. The van der Waals surface area contributed by atoms with Crippen LogP contribution in [-0.2, 0) is 24.1 Å². The van der Waals surface area contributed by atoms with Gasteiger partial charge in [-0.15, -0.1) is 10.2 Å². The van der Waals surface area contributed by atoms with Crippen LogP contribution in [0.1, 0.15) is 62.1 Å². The first-order valence-corrected chi connectivity index (χ1v) is 11.2. The smallest absolute Gasteiger partial charge is 0.251 e. The molecule has 30 heavy (non-hydrogen) atoms. The monoisotopic (exact) mass is 428 g/mol. The fourth-order valence-electron chi connectivity index (χ4n) is 3.15. The Bertz CT molecular complexity index is 874. The predicted octanol–water partition coefficient (Wildman–Crippen LogP) is 3.96. The standard InChI is InChI=1S/C22H32N6OS/c1-15(2)12-16-6-5-7-17(13-16)14-20(29)26-19(24)11-10-18(23)8-3-4-9-21-27-28-22(25)30-21/h5-7,13,15,23H,3-4,8-12,14H2,1-2H3,(H2,25,28)(H2,24,26,29). The van der Waals surface area contributed by atoms with E-state index in [1.807, 2.05) is 12.1 Å². The van der Waals surface area contributed by atoms with Gasteiger partial charge in [0, 0.05) is 18.6 Å². The number of rotatable bonds is 12. The molecule has 2 aromatic rings. The number of carbonyl (C=O) groups excluding carboxylic acids is 1. The number of amidine groups is 1. The number of nitrogens with two attached hydrogens (primary N) is 2. The summed E-state index contributed by atoms with van der Waals surface area (Å²) in [7, 11) is 0. The molecule has 1 heterocycles. The third kappa shape index (κ3) is 9.26. The van der Waals surface area contributed by atoms with Gasteiger partial charge in [-0.1, -0.05) is 49.4 Å². The molecule has 1 amide bonds. The van der Waals surface area contributed by atoms with Gasteiger partial charge in [-0.05, 0) is 49.1 Å². The largest absolute Gasteiger partial charge is 0.387 e. The number of anilines is 1. The van der Waals surface area contributed by atoms with Crippen LogP contribution in [0.5, 0.6) is 0 Å². The Kier molecular flexibility index (Phi) is 9.60. The zero-order chi connectivity index (χ0) is 21.9. The maximum Gasteiger partial charge on any atom is 0.251 e. The van der Waals surface area contributed by atoms with Gasteiger partial charge in [0.15, 0.2) is 0 Å². The predicted molar refractivity (Wildman–Crippen MR) is 124 cm³/mol. The minimum Gasteiger partial charge on any atom is -0.387 e. The molecule has 7 nitrogen and oxygen atoms in total. The first-order chi connectivity index (χ1) is 14.3. The third-order valence-corrected chi connectivity index (χ3v) is 5.36. The van der Waals surface area contributed by atoms with Gasteiger partial charge in [-0.25, -0.2) is 4.99 Å². The van der Waals surface area contributed by atoms with Crippen molar-refractivity contribution in [3.8, 4) is 0 Å². The molecule has 0 aliphatic carbocycles. The summed E-state index contributed by atoms with van der Waals surface area (Å²) in [5.41, 5.74) is 14.3. The number of aliphatic imine (C=N–C) groups is 1. The van der Waals surface area contributed by atoms with Gasteiger partial charge < -0.3 is 16.9 Å². The van der Waals surface area contributed by atoms with Gasteiger partial charge in [0.1, 0.15) is 10.8 Å². The molecule has 0 bridgehead atoms. The topological polar surface area (TPSA) is 131 Å². The Hall–Kier alpha value is -2.61. The molecule has 0 fully saturated rings. The van der Waals surface area contributed by atoms with Crippen LogP contribution >= 0.6 is 11.3 Å².